The van der Waals surface area contributed by atoms with Gasteiger partial charge in [0.1, 0.15) is 5.82 Å². The Morgan fingerprint density at radius 3 is 2.58 bits per heavy atom. The fraction of sp³-hybridized carbons (Fsp3) is 0.640. The Morgan fingerprint density at radius 2 is 1.71 bits per heavy atom. The van der Waals surface area contributed by atoms with Gasteiger partial charge in [0.25, 0.3) is 5.56 Å². The van der Waals surface area contributed by atoms with E-state index in [1.165, 1.54) is 12.8 Å². The minimum Gasteiger partial charge on any atom is -0.341 e. The molecule has 0 radical (unpaired) electrons. The van der Waals surface area contributed by atoms with E-state index in [0.717, 1.165) is 87.9 Å². The molecule has 1 amide bonds. The first-order valence-electron chi connectivity index (χ1n) is 12.3. The van der Waals surface area contributed by atoms with E-state index in [9.17, 15) is 9.59 Å². The molecule has 1 aromatic heterocycles. The molecular weight excluding hydrogens is 388 g/mol. The van der Waals surface area contributed by atoms with Crippen molar-refractivity contribution in [3.8, 4) is 0 Å². The van der Waals surface area contributed by atoms with Gasteiger partial charge >= 0.3 is 0 Å². The SMILES string of the molecule is O=C1CCCCCN1CCN1CCCC1c1nc2ccccc2c(=O)n1C1CCCC1. The van der Waals surface area contributed by atoms with Gasteiger partial charge in [-0.15, -0.1) is 0 Å². The van der Waals surface area contributed by atoms with Gasteiger partial charge in [0, 0.05) is 32.1 Å². The van der Waals surface area contributed by atoms with Crippen LogP contribution in [0.25, 0.3) is 10.9 Å². The van der Waals surface area contributed by atoms with E-state index < -0.39 is 0 Å². The number of para-hydroxylation sites is 1. The van der Waals surface area contributed by atoms with E-state index in [1.54, 1.807) is 0 Å². The standard InChI is InChI=1S/C25H34N4O2/c30-23-14-2-1-7-15-28(23)18-17-27-16-8-13-22(27)24-26-21-12-6-5-11-20(21)25(31)29(24)19-9-3-4-10-19/h5-6,11-12,19,22H,1-4,7-10,13-18H2. The normalized spacial score (nSPS) is 23.7. The number of nitrogens with zero attached hydrogens (tertiary/aromatic N) is 4. The van der Waals surface area contributed by atoms with E-state index in [0.29, 0.717) is 12.3 Å². The zero-order valence-corrected chi connectivity index (χ0v) is 18.5. The van der Waals surface area contributed by atoms with E-state index in [4.69, 9.17) is 4.98 Å². The van der Waals surface area contributed by atoms with Crippen molar-refractivity contribution in [2.45, 2.75) is 76.3 Å². The van der Waals surface area contributed by atoms with Crippen molar-refractivity contribution >= 4 is 16.8 Å². The molecule has 2 saturated heterocycles. The van der Waals surface area contributed by atoms with Gasteiger partial charge in [-0.25, -0.2) is 4.98 Å². The number of benzene rings is 1. The Hall–Kier alpha value is -2.21. The maximum atomic E-state index is 13.5. The molecule has 1 saturated carbocycles. The fourth-order valence-electron chi connectivity index (χ4n) is 5.82. The largest absolute Gasteiger partial charge is 0.341 e. The lowest BCUT2D eigenvalue weighted by atomic mass is 10.1. The first-order chi connectivity index (χ1) is 15.2. The highest BCUT2D eigenvalue weighted by Crippen LogP contribution is 2.36. The highest BCUT2D eigenvalue weighted by atomic mass is 16.2. The fourth-order valence-corrected chi connectivity index (χ4v) is 5.82. The van der Waals surface area contributed by atoms with Crippen LogP contribution in [0.1, 0.15) is 82.1 Å². The molecule has 0 bridgehead atoms. The summed E-state index contributed by atoms with van der Waals surface area (Å²) >= 11 is 0. The van der Waals surface area contributed by atoms with Crippen LogP contribution in [0.5, 0.6) is 0 Å². The molecule has 2 aliphatic heterocycles. The van der Waals surface area contributed by atoms with Crippen molar-refractivity contribution in [2.24, 2.45) is 0 Å². The van der Waals surface area contributed by atoms with Gasteiger partial charge < -0.3 is 4.90 Å². The summed E-state index contributed by atoms with van der Waals surface area (Å²) in [5.74, 6) is 1.26. The van der Waals surface area contributed by atoms with E-state index in [2.05, 4.69) is 14.4 Å². The molecule has 0 N–H and O–H groups in total. The summed E-state index contributed by atoms with van der Waals surface area (Å²) in [7, 11) is 0. The first-order valence-corrected chi connectivity index (χ1v) is 12.3. The Kier molecular flexibility index (Phi) is 6.08. The molecule has 31 heavy (non-hydrogen) atoms. The van der Waals surface area contributed by atoms with Crippen LogP contribution >= 0.6 is 0 Å². The third-order valence-corrected chi connectivity index (χ3v) is 7.52. The predicted octanol–water partition coefficient (Wildman–Crippen LogP) is 4.05. The van der Waals surface area contributed by atoms with Gasteiger partial charge in [-0.2, -0.15) is 0 Å². The molecule has 166 valence electrons. The van der Waals surface area contributed by atoms with Crippen molar-refractivity contribution in [3.63, 3.8) is 0 Å². The van der Waals surface area contributed by atoms with Gasteiger partial charge in [-0.3, -0.25) is 19.1 Å². The van der Waals surface area contributed by atoms with E-state index in [-0.39, 0.29) is 17.6 Å². The maximum absolute atomic E-state index is 13.5. The lowest BCUT2D eigenvalue weighted by Gasteiger charge is -2.30. The third kappa shape index (κ3) is 4.14. The van der Waals surface area contributed by atoms with Crippen LogP contribution in [0.3, 0.4) is 0 Å². The molecule has 1 aliphatic carbocycles. The number of hydrogen-bond acceptors (Lipinski definition) is 4. The summed E-state index contributed by atoms with van der Waals surface area (Å²) in [6.45, 7) is 3.55. The van der Waals surface area contributed by atoms with Crippen LogP contribution in [-0.2, 0) is 4.79 Å². The number of likely N-dealkylation sites (tertiary alicyclic amines) is 2. The average Bonchev–Trinajstić information content (AvgIpc) is 3.43. The second kappa shape index (κ2) is 9.11. The Labute approximate surface area is 184 Å². The molecule has 6 nitrogen and oxygen atoms in total. The van der Waals surface area contributed by atoms with E-state index in [1.807, 2.05) is 24.3 Å². The minimum atomic E-state index is 0.127. The highest BCUT2D eigenvalue weighted by molar-refractivity contribution is 5.77. The molecule has 2 aromatic rings. The summed E-state index contributed by atoms with van der Waals surface area (Å²) in [5, 5.41) is 0.734. The van der Waals surface area contributed by atoms with Gasteiger partial charge in [0.15, 0.2) is 0 Å². The molecule has 1 aromatic carbocycles. The zero-order valence-electron chi connectivity index (χ0n) is 18.5. The molecule has 1 unspecified atom stereocenters. The van der Waals surface area contributed by atoms with Crippen LogP contribution < -0.4 is 5.56 Å². The number of carbonyl (C=O) groups is 1. The minimum absolute atomic E-state index is 0.127. The summed E-state index contributed by atoms with van der Waals surface area (Å²) < 4.78 is 2.05. The molecule has 5 rings (SSSR count). The number of fused-ring (bicyclic) bond motifs is 1. The second-order valence-corrected chi connectivity index (χ2v) is 9.49. The van der Waals surface area contributed by atoms with Crippen LogP contribution in [0, 0.1) is 0 Å². The van der Waals surface area contributed by atoms with Crippen molar-refractivity contribution in [3.05, 3.63) is 40.4 Å². The highest BCUT2D eigenvalue weighted by Gasteiger charge is 2.33. The van der Waals surface area contributed by atoms with Gasteiger partial charge in [0.05, 0.1) is 16.9 Å². The van der Waals surface area contributed by atoms with Crippen LogP contribution in [0.2, 0.25) is 0 Å². The van der Waals surface area contributed by atoms with Gasteiger partial charge in [0.2, 0.25) is 5.91 Å². The van der Waals surface area contributed by atoms with Crippen LogP contribution in [0.15, 0.2) is 29.1 Å². The molecule has 3 heterocycles. The Balaban J connectivity index is 1.45. The first kappa shape index (κ1) is 20.7. The quantitative estimate of drug-likeness (QED) is 0.729. The summed E-state index contributed by atoms with van der Waals surface area (Å²) in [6.07, 6.45) is 10.7. The van der Waals surface area contributed by atoms with Crippen LogP contribution in [0.4, 0.5) is 0 Å². The topological polar surface area (TPSA) is 58.4 Å². The number of amides is 1. The number of hydrogen-bond donors (Lipinski definition) is 0. The van der Waals surface area contributed by atoms with Crippen molar-refractivity contribution < 1.29 is 4.79 Å². The summed E-state index contributed by atoms with van der Waals surface area (Å²) in [4.78, 5) is 35.6. The van der Waals surface area contributed by atoms with Crippen molar-refractivity contribution in [1.82, 2.24) is 19.4 Å². The smallest absolute Gasteiger partial charge is 0.261 e. The molecule has 3 fully saturated rings. The average molecular weight is 423 g/mol. The maximum Gasteiger partial charge on any atom is 0.261 e. The predicted molar refractivity (Wildman–Crippen MR) is 122 cm³/mol. The Morgan fingerprint density at radius 1 is 0.871 bits per heavy atom. The third-order valence-electron chi connectivity index (χ3n) is 7.52. The van der Waals surface area contributed by atoms with E-state index >= 15 is 0 Å². The number of rotatable bonds is 5. The van der Waals surface area contributed by atoms with Gasteiger partial charge in [-0.1, -0.05) is 31.4 Å². The second-order valence-electron chi connectivity index (χ2n) is 9.49. The van der Waals surface area contributed by atoms with Crippen molar-refractivity contribution in [1.29, 1.82) is 0 Å². The Bertz CT molecular complexity index is 995. The summed E-state index contributed by atoms with van der Waals surface area (Å²) in [5.41, 5.74) is 0.938. The lowest BCUT2D eigenvalue weighted by molar-refractivity contribution is -0.130. The van der Waals surface area contributed by atoms with Crippen molar-refractivity contribution in [2.75, 3.05) is 26.2 Å². The summed E-state index contributed by atoms with van der Waals surface area (Å²) in [6, 6.07) is 8.22. The molecule has 3 aliphatic rings. The molecule has 1 atom stereocenters. The lowest BCUT2D eigenvalue weighted by Crippen LogP contribution is -2.40. The monoisotopic (exact) mass is 422 g/mol. The van der Waals surface area contributed by atoms with Crippen LogP contribution in [-0.4, -0.2) is 51.4 Å². The molecular formula is C25H34N4O2. The zero-order chi connectivity index (χ0) is 21.2. The molecule has 6 heteroatoms. The van der Waals surface area contributed by atoms with Gasteiger partial charge in [-0.05, 0) is 57.2 Å². The number of aromatic nitrogens is 2. The number of carbonyl (C=O) groups excluding carboxylic acids is 1. The molecule has 0 spiro atoms.